The molecule has 3 nitrogen and oxygen atoms in total. The van der Waals surface area contributed by atoms with E-state index in [2.05, 4.69) is 5.32 Å². The minimum absolute atomic E-state index is 0.0137. The highest BCUT2D eigenvalue weighted by molar-refractivity contribution is 5.76. The molecule has 0 amide bonds. The minimum atomic E-state index is -0.0399. The Morgan fingerprint density at radius 2 is 2.21 bits per heavy atom. The summed E-state index contributed by atoms with van der Waals surface area (Å²) in [4.78, 5) is 11.6. The number of rotatable bonds is 2. The Labute approximate surface area is 85.2 Å². The van der Waals surface area contributed by atoms with Gasteiger partial charge in [-0.1, -0.05) is 12.8 Å². The van der Waals surface area contributed by atoms with Crippen LogP contribution in [0.15, 0.2) is 0 Å². The Hall–Kier alpha value is -0.570. The molecule has 0 radical (unpaired) electrons. The maximum absolute atomic E-state index is 11.6. The van der Waals surface area contributed by atoms with Crippen molar-refractivity contribution in [3.8, 4) is 0 Å². The van der Waals surface area contributed by atoms with E-state index in [1.807, 2.05) is 6.92 Å². The Bertz CT molecular complexity index is 217. The highest BCUT2D eigenvalue weighted by Crippen LogP contribution is 2.36. The van der Waals surface area contributed by atoms with Crippen LogP contribution in [0.1, 0.15) is 32.6 Å². The van der Waals surface area contributed by atoms with Gasteiger partial charge in [-0.15, -0.1) is 0 Å². The highest BCUT2D eigenvalue weighted by Gasteiger charge is 2.41. The summed E-state index contributed by atoms with van der Waals surface area (Å²) in [5.74, 6) is 1.22. The average Bonchev–Trinajstić information content (AvgIpc) is 2.61. The molecule has 1 aliphatic heterocycles. The van der Waals surface area contributed by atoms with Gasteiger partial charge in [0.2, 0.25) is 0 Å². The maximum Gasteiger partial charge on any atom is 0.323 e. The first-order chi connectivity index (χ1) is 6.83. The molecule has 1 N–H and O–H groups in total. The zero-order chi connectivity index (χ0) is 9.97. The molecule has 0 bridgehead atoms. The van der Waals surface area contributed by atoms with Gasteiger partial charge in [-0.25, -0.2) is 0 Å². The average molecular weight is 197 g/mol. The van der Waals surface area contributed by atoms with Gasteiger partial charge in [-0.05, 0) is 38.1 Å². The van der Waals surface area contributed by atoms with Crippen molar-refractivity contribution in [2.75, 3.05) is 13.2 Å². The number of ether oxygens (including phenoxy) is 1. The van der Waals surface area contributed by atoms with E-state index in [0.29, 0.717) is 12.5 Å². The summed E-state index contributed by atoms with van der Waals surface area (Å²) in [6, 6.07) is -0.0137. The van der Waals surface area contributed by atoms with E-state index < -0.39 is 0 Å². The van der Waals surface area contributed by atoms with Crippen LogP contribution in [0.5, 0.6) is 0 Å². The van der Waals surface area contributed by atoms with Crippen molar-refractivity contribution in [2.45, 2.75) is 38.6 Å². The molecule has 1 heterocycles. The molecule has 0 spiro atoms. The molecule has 2 fully saturated rings. The molecule has 1 saturated carbocycles. The first-order valence-corrected chi connectivity index (χ1v) is 5.73. The number of esters is 1. The quantitative estimate of drug-likeness (QED) is 0.679. The molecule has 14 heavy (non-hydrogen) atoms. The summed E-state index contributed by atoms with van der Waals surface area (Å²) in [6.45, 7) is 3.37. The second-order valence-corrected chi connectivity index (χ2v) is 4.35. The third-order valence-electron chi connectivity index (χ3n) is 3.54. The van der Waals surface area contributed by atoms with Gasteiger partial charge in [0.25, 0.3) is 0 Å². The summed E-state index contributed by atoms with van der Waals surface area (Å²) in [5, 5.41) is 3.31. The lowest BCUT2D eigenvalue weighted by Crippen LogP contribution is -2.38. The molecule has 3 atom stereocenters. The van der Waals surface area contributed by atoms with Crippen LogP contribution in [0.3, 0.4) is 0 Å². The molecule has 2 aliphatic rings. The van der Waals surface area contributed by atoms with Crippen LogP contribution >= 0.6 is 0 Å². The number of carbonyl (C=O) groups excluding carboxylic acids is 1. The Morgan fingerprint density at radius 1 is 1.43 bits per heavy atom. The van der Waals surface area contributed by atoms with Gasteiger partial charge in [0, 0.05) is 0 Å². The molecular weight excluding hydrogens is 178 g/mol. The van der Waals surface area contributed by atoms with E-state index >= 15 is 0 Å². The van der Waals surface area contributed by atoms with Crippen molar-refractivity contribution < 1.29 is 9.53 Å². The van der Waals surface area contributed by atoms with Crippen LogP contribution in [0.4, 0.5) is 0 Å². The summed E-state index contributed by atoms with van der Waals surface area (Å²) in [5.41, 5.74) is 0. The molecule has 0 unspecified atom stereocenters. The molecule has 0 aromatic rings. The minimum Gasteiger partial charge on any atom is -0.465 e. The van der Waals surface area contributed by atoms with Crippen molar-refractivity contribution >= 4 is 5.97 Å². The van der Waals surface area contributed by atoms with Crippen LogP contribution < -0.4 is 5.32 Å². The summed E-state index contributed by atoms with van der Waals surface area (Å²) in [6.07, 6.45) is 5.09. The fourth-order valence-electron chi connectivity index (χ4n) is 2.85. The molecule has 0 aromatic carbocycles. The molecule has 1 saturated heterocycles. The molecule has 80 valence electrons. The number of hydrogen-bond acceptors (Lipinski definition) is 3. The zero-order valence-electron chi connectivity index (χ0n) is 8.79. The fourth-order valence-corrected chi connectivity index (χ4v) is 2.85. The van der Waals surface area contributed by atoms with Crippen molar-refractivity contribution in [3.63, 3.8) is 0 Å². The zero-order valence-corrected chi connectivity index (χ0v) is 8.79. The van der Waals surface area contributed by atoms with E-state index in [9.17, 15) is 4.79 Å². The van der Waals surface area contributed by atoms with Crippen molar-refractivity contribution in [3.05, 3.63) is 0 Å². The lowest BCUT2D eigenvalue weighted by Gasteiger charge is -2.26. The molecule has 2 rings (SSSR count). The predicted octanol–water partition coefficient (Wildman–Crippen LogP) is 1.33. The van der Waals surface area contributed by atoms with E-state index in [4.69, 9.17) is 4.74 Å². The standard InChI is InChI=1S/C11H19NO2/c1-2-14-11(13)10-9-6-4-3-5-8(9)7-12-10/h8-10,12H,2-7H2,1H3/t8-,9-,10+/m0/s1. The van der Waals surface area contributed by atoms with E-state index in [0.717, 1.165) is 12.5 Å². The second kappa shape index (κ2) is 4.30. The largest absolute Gasteiger partial charge is 0.465 e. The van der Waals surface area contributed by atoms with Gasteiger partial charge in [0.15, 0.2) is 0 Å². The third kappa shape index (κ3) is 1.78. The van der Waals surface area contributed by atoms with Crippen molar-refractivity contribution in [1.82, 2.24) is 5.32 Å². The fraction of sp³-hybridized carbons (Fsp3) is 0.909. The Balaban J connectivity index is 1.96. The first kappa shape index (κ1) is 9.97. The smallest absolute Gasteiger partial charge is 0.323 e. The molecule has 0 aromatic heterocycles. The van der Waals surface area contributed by atoms with Crippen molar-refractivity contribution in [2.24, 2.45) is 11.8 Å². The number of nitrogens with one attached hydrogen (secondary N) is 1. The lowest BCUT2D eigenvalue weighted by molar-refractivity contribution is -0.146. The van der Waals surface area contributed by atoms with Gasteiger partial charge >= 0.3 is 5.97 Å². The molecule has 3 heteroatoms. The number of hydrogen-bond donors (Lipinski definition) is 1. The highest BCUT2D eigenvalue weighted by atomic mass is 16.5. The normalized spacial score (nSPS) is 36.5. The van der Waals surface area contributed by atoms with Gasteiger partial charge < -0.3 is 10.1 Å². The van der Waals surface area contributed by atoms with E-state index in [-0.39, 0.29) is 12.0 Å². The Morgan fingerprint density at radius 3 is 3.00 bits per heavy atom. The lowest BCUT2D eigenvalue weighted by atomic mass is 9.78. The van der Waals surface area contributed by atoms with E-state index in [1.54, 1.807) is 0 Å². The SMILES string of the molecule is CCOC(=O)[C@@H]1NC[C@@H]2CCCC[C@@H]21. The van der Waals surface area contributed by atoms with Gasteiger partial charge in [-0.3, -0.25) is 4.79 Å². The van der Waals surface area contributed by atoms with Crippen LogP contribution in [0, 0.1) is 11.8 Å². The third-order valence-corrected chi connectivity index (χ3v) is 3.54. The van der Waals surface area contributed by atoms with Crippen molar-refractivity contribution in [1.29, 1.82) is 0 Å². The number of fused-ring (bicyclic) bond motifs is 1. The number of carbonyl (C=O) groups is 1. The van der Waals surface area contributed by atoms with Crippen LogP contribution in [0.2, 0.25) is 0 Å². The second-order valence-electron chi connectivity index (χ2n) is 4.35. The van der Waals surface area contributed by atoms with Crippen LogP contribution in [0.25, 0.3) is 0 Å². The monoisotopic (exact) mass is 197 g/mol. The topological polar surface area (TPSA) is 38.3 Å². The first-order valence-electron chi connectivity index (χ1n) is 5.73. The van der Waals surface area contributed by atoms with Gasteiger partial charge in [0.05, 0.1) is 6.61 Å². The molecule has 1 aliphatic carbocycles. The van der Waals surface area contributed by atoms with Gasteiger partial charge in [-0.2, -0.15) is 0 Å². The van der Waals surface area contributed by atoms with Crippen LogP contribution in [-0.4, -0.2) is 25.2 Å². The maximum atomic E-state index is 11.6. The van der Waals surface area contributed by atoms with Crippen LogP contribution in [-0.2, 0) is 9.53 Å². The van der Waals surface area contributed by atoms with Gasteiger partial charge in [0.1, 0.15) is 6.04 Å². The Kier molecular flexibility index (Phi) is 3.06. The molecular formula is C11H19NO2. The predicted molar refractivity (Wildman–Crippen MR) is 53.9 cm³/mol. The summed E-state index contributed by atoms with van der Waals surface area (Å²) in [7, 11) is 0. The van der Waals surface area contributed by atoms with E-state index in [1.165, 1.54) is 25.7 Å². The summed E-state index contributed by atoms with van der Waals surface area (Å²) < 4.78 is 5.07. The summed E-state index contributed by atoms with van der Waals surface area (Å²) >= 11 is 0.